The highest BCUT2D eigenvalue weighted by Gasteiger charge is 2.07. The lowest BCUT2D eigenvalue weighted by molar-refractivity contribution is 0.867. The van der Waals surface area contributed by atoms with Gasteiger partial charge in [0.25, 0.3) is 0 Å². The summed E-state index contributed by atoms with van der Waals surface area (Å²) in [6.07, 6.45) is 2.17. The molecule has 2 heteroatoms. The summed E-state index contributed by atoms with van der Waals surface area (Å²) in [5.41, 5.74) is 4.82. The molecule has 0 aliphatic carbocycles. The van der Waals surface area contributed by atoms with Crippen LogP contribution in [0.5, 0.6) is 0 Å². The van der Waals surface area contributed by atoms with Crippen LogP contribution in [0, 0.1) is 0 Å². The number of fused-ring (bicyclic) bond motifs is 1. The topological polar surface area (TPSA) is 24.9 Å². The Kier molecular flexibility index (Phi) is 3.85. The van der Waals surface area contributed by atoms with Crippen molar-refractivity contribution < 1.29 is 0 Å². The van der Waals surface area contributed by atoms with E-state index in [-0.39, 0.29) is 0 Å². The first-order chi connectivity index (χ1) is 8.65. The van der Waals surface area contributed by atoms with Crippen LogP contribution in [0.25, 0.3) is 10.9 Å². The van der Waals surface area contributed by atoms with Gasteiger partial charge in [-0.1, -0.05) is 33.3 Å². The molecule has 0 saturated carbocycles. The molecule has 0 saturated heterocycles. The summed E-state index contributed by atoms with van der Waals surface area (Å²) < 4.78 is 0. The van der Waals surface area contributed by atoms with Gasteiger partial charge in [-0.15, -0.1) is 0 Å². The van der Waals surface area contributed by atoms with Gasteiger partial charge in [-0.25, -0.2) is 0 Å². The maximum atomic E-state index is 4.73. The minimum atomic E-state index is 0.550. The van der Waals surface area contributed by atoms with E-state index >= 15 is 0 Å². The number of pyridine rings is 1. The Balaban J connectivity index is 2.59. The number of nitrogens with zero attached hydrogens (tertiary/aromatic N) is 1. The van der Waals surface area contributed by atoms with Crippen LogP contribution in [0.1, 0.15) is 44.4 Å². The van der Waals surface area contributed by atoms with Crippen LogP contribution in [-0.4, -0.2) is 12.0 Å². The van der Waals surface area contributed by atoms with E-state index in [1.165, 1.54) is 22.3 Å². The van der Waals surface area contributed by atoms with Gasteiger partial charge in [0.1, 0.15) is 0 Å². The lowest BCUT2D eigenvalue weighted by Gasteiger charge is -2.12. The summed E-state index contributed by atoms with van der Waals surface area (Å²) in [6, 6.07) is 8.77. The number of hydrogen-bond acceptors (Lipinski definition) is 2. The van der Waals surface area contributed by atoms with Crippen molar-refractivity contribution in [3.63, 3.8) is 0 Å². The fraction of sp³-hybridized carbons (Fsp3) is 0.438. The molecule has 0 radical (unpaired) electrons. The minimum Gasteiger partial charge on any atom is -0.388 e. The van der Waals surface area contributed by atoms with Crippen molar-refractivity contribution in [3.05, 3.63) is 35.5 Å². The Labute approximate surface area is 109 Å². The molecule has 1 heterocycles. The number of benzene rings is 1. The van der Waals surface area contributed by atoms with Gasteiger partial charge in [0.15, 0.2) is 0 Å². The summed E-state index contributed by atoms with van der Waals surface area (Å²) in [5, 5.41) is 4.52. The summed E-state index contributed by atoms with van der Waals surface area (Å²) >= 11 is 0. The molecule has 1 N–H and O–H groups in total. The van der Waals surface area contributed by atoms with Crippen LogP contribution in [0.3, 0.4) is 0 Å². The Morgan fingerprint density at radius 2 is 2.00 bits per heavy atom. The van der Waals surface area contributed by atoms with Gasteiger partial charge in [0.05, 0.1) is 5.52 Å². The molecule has 18 heavy (non-hydrogen) atoms. The van der Waals surface area contributed by atoms with Crippen molar-refractivity contribution in [2.24, 2.45) is 0 Å². The van der Waals surface area contributed by atoms with E-state index in [1.54, 1.807) is 0 Å². The van der Waals surface area contributed by atoms with E-state index in [4.69, 9.17) is 4.98 Å². The number of anilines is 1. The number of rotatable bonds is 4. The van der Waals surface area contributed by atoms with Crippen molar-refractivity contribution in [1.82, 2.24) is 4.98 Å². The Morgan fingerprint density at radius 1 is 1.22 bits per heavy atom. The summed E-state index contributed by atoms with van der Waals surface area (Å²) in [5.74, 6) is 0.550. The van der Waals surface area contributed by atoms with E-state index in [0.717, 1.165) is 18.4 Å². The van der Waals surface area contributed by atoms with E-state index in [9.17, 15) is 0 Å². The zero-order valence-corrected chi connectivity index (χ0v) is 11.7. The van der Waals surface area contributed by atoms with E-state index in [2.05, 4.69) is 50.4 Å². The van der Waals surface area contributed by atoms with Gasteiger partial charge in [-0.3, -0.25) is 4.98 Å². The molecule has 0 aliphatic rings. The third-order valence-corrected chi connectivity index (χ3v) is 3.33. The lowest BCUT2D eigenvalue weighted by atomic mass is 10.00. The van der Waals surface area contributed by atoms with E-state index < -0.39 is 0 Å². The summed E-state index contributed by atoms with van der Waals surface area (Å²) in [7, 11) is 1.98. The minimum absolute atomic E-state index is 0.550. The van der Waals surface area contributed by atoms with Crippen LogP contribution < -0.4 is 5.32 Å². The van der Waals surface area contributed by atoms with Crippen molar-refractivity contribution in [2.45, 2.75) is 39.5 Å². The number of aryl methyl sites for hydroxylation is 1. The zero-order chi connectivity index (χ0) is 13.1. The first kappa shape index (κ1) is 12.9. The fourth-order valence-corrected chi connectivity index (χ4v) is 2.25. The SMILES string of the molecule is CCCc1cc(NC)c2cc(C(C)C)ccc2n1. The number of aromatic nitrogens is 1. The maximum absolute atomic E-state index is 4.73. The molecule has 0 unspecified atom stereocenters. The van der Waals surface area contributed by atoms with Gasteiger partial charge >= 0.3 is 0 Å². The van der Waals surface area contributed by atoms with Crippen molar-refractivity contribution in [1.29, 1.82) is 0 Å². The van der Waals surface area contributed by atoms with Gasteiger partial charge in [0.2, 0.25) is 0 Å². The van der Waals surface area contributed by atoms with Crippen molar-refractivity contribution >= 4 is 16.6 Å². The van der Waals surface area contributed by atoms with Gasteiger partial charge in [-0.2, -0.15) is 0 Å². The van der Waals surface area contributed by atoms with Crippen LogP contribution in [-0.2, 0) is 6.42 Å². The third kappa shape index (κ3) is 2.47. The first-order valence-corrected chi connectivity index (χ1v) is 6.77. The van der Waals surface area contributed by atoms with Crippen LogP contribution >= 0.6 is 0 Å². The molecular formula is C16H22N2. The average Bonchev–Trinajstić information content (AvgIpc) is 2.37. The predicted molar refractivity (Wildman–Crippen MR) is 79.4 cm³/mol. The highest BCUT2D eigenvalue weighted by molar-refractivity contribution is 5.92. The predicted octanol–water partition coefficient (Wildman–Crippen LogP) is 4.35. The molecule has 0 spiro atoms. The molecule has 0 fully saturated rings. The molecule has 1 aromatic heterocycles. The second kappa shape index (κ2) is 5.38. The Morgan fingerprint density at radius 3 is 2.61 bits per heavy atom. The second-order valence-corrected chi connectivity index (χ2v) is 5.09. The lowest BCUT2D eigenvalue weighted by Crippen LogP contribution is -1.97. The quantitative estimate of drug-likeness (QED) is 0.862. The average molecular weight is 242 g/mol. The molecule has 2 aromatic rings. The molecule has 2 rings (SSSR count). The summed E-state index contributed by atoms with van der Waals surface area (Å²) in [4.78, 5) is 4.73. The third-order valence-electron chi connectivity index (χ3n) is 3.33. The van der Waals surface area contributed by atoms with Crippen molar-refractivity contribution in [3.8, 4) is 0 Å². The zero-order valence-electron chi connectivity index (χ0n) is 11.7. The smallest absolute Gasteiger partial charge is 0.0726 e. The fourth-order valence-electron chi connectivity index (χ4n) is 2.25. The number of hydrogen-bond donors (Lipinski definition) is 1. The molecular weight excluding hydrogens is 220 g/mol. The standard InChI is InChI=1S/C16H22N2/c1-5-6-13-10-16(17-4)14-9-12(11(2)3)7-8-15(14)18-13/h7-11H,5-6H2,1-4H3,(H,17,18). The molecule has 1 aromatic carbocycles. The van der Waals surface area contributed by atoms with E-state index in [1.807, 2.05) is 7.05 Å². The summed E-state index contributed by atoms with van der Waals surface area (Å²) in [6.45, 7) is 6.63. The second-order valence-electron chi connectivity index (χ2n) is 5.09. The van der Waals surface area contributed by atoms with E-state index in [0.29, 0.717) is 5.92 Å². The normalized spacial score (nSPS) is 11.2. The highest BCUT2D eigenvalue weighted by atomic mass is 14.8. The molecule has 0 amide bonds. The van der Waals surface area contributed by atoms with Gasteiger partial charge in [0, 0.05) is 23.8 Å². The van der Waals surface area contributed by atoms with Gasteiger partial charge < -0.3 is 5.32 Å². The maximum Gasteiger partial charge on any atom is 0.0726 e. The molecule has 2 nitrogen and oxygen atoms in total. The van der Waals surface area contributed by atoms with Crippen LogP contribution in [0.4, 0.5) is 5.69 Å². The van der Waals surface area contributed by atoms with Crippen molar-refractivity contribution in [2.75, 3.05) is 12.4 Å². The largest absolute Gasteiger partial charge is 0.388 e. The van der Waals surface area contributed by atoms with Gasteiger partial charge in [-0.05, 0) is 36.1 Å². The molecule has 96 valence electrons. The first-order valence-electron chi connectivity index (χ1n) is 6.77. The Bertz CT molecular complexity index is 544. The number of nitrogens with one attached hydrogen (secondary N) is 1. The Hall–Kier alpha value is -1.57. The highest BCUT2D eigenvalue weighted by Crippen LogP contribution is 2.27. The molecule has 0 bridgehead atoms. The van der Waals surface area contributed by atoms with Crippen LogP contribution in [0.15, 0.2) is 24.3 Å². The molecule has 0 aliphatic heterocycles. The molecule has 0 atom stereocenters. The van der Waals surface area contributed by atoms with Crippen LogP contribution in [0.2, 0.25) is 0 Å². The monoisotopic (exact) mass is 242 g/mol.